The van der Waals surface area contributed by atoms with E-state index in [0.29, 0.717) is 39.9 Å². The number of amides is 2. The maximum Gasteiger partial charge on any atom is 0.328 e. The summed E-state index contributed by atoms with van der Waals surface area (Å²) >= 11 is 6.49. The Bertz CT molecular complexity index is 1130. The van der Waals surface area contributed by atoms with Crippen molar-refractivity contribution in [3.63, 3.8) is 0 Å². The van der Waals surface area contributed by atoms with E-state index in [2.05, 4.69) is 30.6 Å². The van der Waals surface area contributed by atoms with E-state index >= 15 is 0 Å². The summed E-state index contributed by atoms with van der Waals surface area (Å²) in [5.74, 6) is -0.214. The molecule has 166 valence electrons. The van der Waals surface area contributed by atoms with Crippen molar-refractivity contribution < 1.29 is 19.4 Å². The second-order valence-electron chi connectivity index (χ2n) is 8.04. The van der Waals surface area contributed by atoms with Gasteiger partial charge in [0.1, 0.15) is 16.8 Å². The van der Waals surface area contributed by atoms with Gasteiger partial charge in [-0.25, -0.2) is 9.59 Å². The van der Waals surface area contributed by atoms with Crippen molar-refractivity contribution in [2.45, 2.75) is 45.6 Å². The third-order valence-corrected chi connectivity index (χ3v) is 5.02. The second-order valence-corrected chi connectivity index (χ2v) is 8.41. The number of benzene rings is 1. The number of halogens is 1. The van der Waals surface area contributed by atoms with Gasteiger partial charge in [0.2, 0.25) is 0 Å². The van der Waals surface area contributed by atoms with Gasteiger partial charge in [0.05, 0.1) is 18.5 Å². The molecule has 0 bridgehead atoms. The Morgan fingerprint density at radius 3 is 2.61 bits per heavy atom. The normalized spacial score (nSPS) is 12.6. The number of phenolic OH excluding ortho intramolecular Hbond substituents is 1. The molecule has 0 aliphatic rings. The molecule has 0 aliphatic heterocycles. The van der Waals surface area contributed by atoms with Gasteiger partial charge in [-0.15, -0.1) is 9.73 Å². The molecular formula is C20H25ClN6O4. The fraction of sp³-hybridized carbons (Fsp3) is 0.400. The summed E-state index contributed by atoms with van der Waals surface area (Å²) in [6, 6.07) is 3.01. The predicted molar refractivity (Wildman–Crippen MR) is 116 cm³/mol. The van der Waals surface area contributed by atoms with Gasteiger partial charge in [0.15, 0.2) is 11.5 Å². The molecule has 10 nitrogen and oxygen atoms in total. The molecule has 0 aliphatic carbocycles. The van der Waals surface area contributed by atoms with Crippen LogP contribution in [-0.4, -0.2) is 50.1 Å². The number of aromatic nitrogens is 4. The number of nitrogens with one attached hydrogen (secondary N) is 3. The summed E-state index contributed by atoms with van der Waals surface area (Å²) in [6.07, 6.45) is 0.368. The van der Waals surface area contributed by atoms with Crippen molar-refractivity contribution in [3.8, 4) is 17.1 Å². The first-order chi connectivity index (χ1) is 14.5. The number of anilines is 1. The zero-order valence-electron chi connectivity index (χ0n) is 17.9. The molecule has 2 heterocycles. The number of urea groups is 1. The minimum absolute atomic E-state index is 0.0162. The largest absolute Gasteiger partial charge is 0.508 e. The number of carbonyl (C=O) groups excluding carboxylic acids is 2. The summed E-state index contributed by atoms with van der Waals surface area (Å²) < 4.78 is 6.07. The fourth-order valence-corrected chi connectivity index (χ4v) is 3.47. The van der Waals surface area contributed by atoms with E-state index in [-0.39, 0.29) is 11.2 Å². The van der Waals surface area contributed by atoms with Crippen molar-refractivity contribution in [3.05, 3.63) is 28.9 Å². The van der Waals surface area contributed by atoms with Gasteiger partial charge in [-0.05, 0) is 24.6 Å². The average Bonchev–Trinajstić information content (AvgIpc) is 3.26. The Hall–Kier alpha value is -3.27. The number of rotatable bonds is 5. The lowest BCUT2D eigenvalue weighted by molar-refractivity contribution is -0.142. The van der Waals surface area contributed by atoms with E-state index in [0.717, 1.165) is 0 Å². The topological polar surface area (TPSA) is 134 Å². The first-order valence-corrected chi connectivity index (χ1v) is 10.1. The first-order valence-electron chi connectivity index (χ1n) is 9.68. The number of carbonyl (C=O) groups is 2. The third-order valence-electron chi connectivity index (χ3n) is 4.66. The number of aromatic hydroxyl groups is 1. The lowest BCUT2D eigenvalue weighted by Gasteiger charge is -2.16. The van der Waals surface area contributed by atoms with Crippen LogP contribution >= 0.6 is 11.6 Å². The number of nitrogens with zero attached hydrogens (tertiary/aromatic N) is 3. The highest BCUT2D eigenvalue weighted by molar-refractivity contribution is 6.34. The van der Waals surface area contributed by atoms with E-state index < -0.39 is 18.0 Å². The van der Waals surface area contributed by atoms with Crippen molar-refractivity contribution in [2.24, 2.45) is 0 Å². The summed E-state index contributed by atoms with van der Waals surface area (Å²) in [4.78, 5) is 27.3. The van der Waals surface area contributed by atoms with Crippen LogP contribution in [0.25, 0.3) is 17.0 Å². The highest BCUT2D eigenvalue weighted by Crippen LogP contribution is 2.34. The van der Waals surface area contributed by atoms with E-state index in [1.807, 2.05) is 20.8 Å². The highest BCUT2D eigenvalue weighted by Gasteiger charge is 2.26. The summed E-state index contributed by atoms with van der Waals surface area (Å²) in [7, 11) is 1.26. The second kappa shape index (κ2) is 8.46. The molecule has 0 spiro atoms. The first kappa shape index (κ1) is 22.4. The SMILES string of the molecule is CCC(NC(=O)Nc1ccc(O)cc1-c1nn2nc(C(C)(C)C)c(Cl)c2[nH]1)C(=O)OC. The number of hydrogen-bond acceptors (Lipinski definition) is 6. The van der Waals surface area contributed by atoms with E-state index in [1.54, 1.807) is 6.92 Å². The van der Waals surface area contributed by atoms with Crippen LogP contribution in [0.1, 0.15) is 39.8 Å². The van der Waals surface area contributed by atoms with Gasteiger partial charge in [-0.3, -0.25) is 0 Å². The zero-order chi connectivity index (χ0) is 22.9. The standard InChI is InChI=1S/C20H25ClN6O4/c1-6-12(18(29)31-5)22-19(30)23-13-8-7-10(28)9-11(13)16-24-17-14(21)15(20(2,3)4)25-27(17)26-16/h7-9,12,28H,6H2,1-5H3,(H,24,26)(H2,22,23,30). The van der Waals surface area contributed by atoms with E-state index in [4.69, 9.17) is 11.6 Å². The Morgan fingerprint density at radius 2 is 2.03 bits per heavy atom. The van der Waals surface area contributed by atoms with Gasteiger partial charge in [-0.2, -0.15) is 5.10 Å². The van der Waals surface area contributed by atoms with Gasteiger partial charge in [0, 0.05) is 11.0 Å². The molecule has 1 atom stereocenters. The number of hydrogen-bond donors (Lipinski definition) is 4. The summed E-state index contributed by atoms with van der Waals surface area (Å²) in [5, 5.41) is 24.5. The van der Waals surface area contributed by atoms with Crippen molar-refractivity contribution in [2.75, 3.05) is 12.4 Å². The zero-order valence-corrected chi connectivity index (χ0v) is 18.7. The molecule has 3 rings (SSSR count). The van der Waals surface area contributed by atoms with Crippen LogP contribution in [0, 0.1) is 0 Å². The highest BCUT2D eigenvalue weighted by atomic mass is 35.5. The van der Waals surface area contributed by atoms with Gasteiger partial charge >= 0.3 is 12.0 Å². The molecule has 31 heavy (non-hydrogen) atoms. The molecule has 0 saturated heterocycles. The van der Waals surface area contributed by atoms with E-state index in [1.165, 1.54) is 29.9 Å². The van der Waals surface area contributed by atoms with Gasteiger partial charge in [0.25, 0.3) is 0 Å². The van der Waals surface area contributed by atoms with Gasteiger partial charge in [-0.1, -0.05) is 39.3 Å². The van der Waals surface area contributed by atoms with E-state index in [9.17, 15) is 14.7 Å². The molecule has 2 aromatic heterocycles. The smallest absolute Gasteiger partial charge is 0.328 e. The summed E-state index contributed by atoms with van der Waals surface area (Å²) in [5.41, 5.74) is 1.70. The minimum Gasteiger partial charge on any atom is -0.508 e. The van der Waals surface area contributed by atoms with Crippen LogP contribution in [0.15, 0.2) is 18.2 Å². The Kier molecular flexibility index (Phi) is 6.12. The van der Waals surface area contributed by atoms with Crippen LogP contribution in [0.3, 0.4) is 0 Å². The molecule has 0 radical (unpaired) electrons. The molecule has 1 unspecified atom stereocenters. The molecule has 3 aromatic rings. The maximum absolute atomic E-state index is 12.4. The number of esters is 1. The Balaban J connectivity index is 1.93. The Labute approximate surface area is 183 Å². The predicted octanol–water partition coefficient (Wildman–Crippen LogP) is 3.45. The van der Waals surface area contributed by atoms with Crippen molar-refractivity contribution >= 4 is 34.9 Å². The summed E-state index contributed by atoms with van der Waals surface area (Å²) in [6.45, 7) is 7.74. The number of ether oxygens (including phenoxy) is 1. The molecule has 0 saturated carbocycles. The number of H-pyrrole nitrogens is 1. The van der Waals surface area contributed by atoms with Crippen molar-refractivity contribution in [1.82, 2.24) is 25.1 Å². The molecule has 1 aromatic carbocycles. The average molecular weight is 449 g/mol. The molecule has 11 heteroatoms. The number of methoxy groups -OCH3 is 1. The number of fused-ring (bicyclic) bond motifs is 1. The number of aromatic amines is 1. The monoisotopic (exact) mass is 448 g/mol. The van der Waals surface area contributed by atoms with Gasteiger partial charge < -0.3 is 25.5 Å². The maximum atomic E-state index is 12.4. The number of phenols is 1. The lowest BCUT2D eigenvalue weighted by atomic mass is 9.92. The quantitative estimate of drug-likeness (QED) is 0.349. The minimum atomic E-state index is -0.785. The van der Waals surface area contributed by atoms with Crippen LogP contribution in [0.2, 0.25) is 5.02 Å². The lowest BCUT2D eigenvalue weighted by Crippen LogP contribution is -2.43. The molecule has 4 N–H and O–H groups in total. The fourth-order valence-electron chi connectivity index (χ4n) is 3.02. The van der Waals surface area contributed by atoms with Crippen LogP contribution in [-0.2, 0) is 14.9 Å². The van der Waals surface area contributed by atoms with Crippen LogP contribution < -0.4 is 10.6 Å². The molecule has 2 amide bonds. The third kappa shape index (κ3) is 4.58. The Morgan fingerprint density at radius 1 is 1.32 bits per heavy atom. The molecule has 0 fully saturated rings. The van der Waals surface area contributed by atoms with Crippen LogP contribution in [0.5, 0.6) is 5.75 Å². The van der Waals surface area contributed by atoms with Crippen LogP contribution in [0.4, 0.5) is 10.5 Å². The van der Waals surface area contributed by atoms with Crippen molar-refractivity contribution in [1.29, 1.82) is 0 Å². The molecular weight excluding hydrogens is 424 g/mol.